The lowest BCUT2D eigenvalue weighted by atomic mass is 9.88. The van der Waals surface area contributed by atoms with Gasteiger partial charge in [-0.1, -0.05) is 0 Å². The summed E-state index contributed by atoms with van der Waals surface area (Å²) < 4.78 is 5.41. The summed E-state index contributed by atoms with van der Waals surface area (Å²) in [6.45, 7) is 5.94. The van der Waals surface area contributed by atoms with Crippen LogP contribution < -0.4 is 5.32 Å². The molecular formula is C12H18N2O4. The largest absolute Gasteiger partial charge is 0.378 e. The molecule has 2 unspecified atom stereocenters. The minimum Gasteiger partial charge on any atom is -0.378 e. The highest BCUT2D eigenvalue weighted by Gasteiger charge is 2.47. The summed E-state index contributed by atoms with van der Waals surface area (Å²) in [4.78, 5) is 36.6. The van der Waals surface area contributed by atoms with Crippen molar-refractivity contribution in [3.8, 4) is 0 Å². The zero-order valence-electron chi connectivity index (χ0n) is 10.9. The van der Waals surface area contributed by atoms with Gasteiger partial charge >= 0.3 is 6.03 Å². The second-order valence-electron chi connectivity index (χ2n) is 5.42. The summed E-state index contributed by atoms with van der Waals surface area (Å²) in [5.74, 6) is -0.830. The number of barbiturate groups is 1. The first-order chi connectivity index (χ1) is 8.34. The Labute approximate surface area is 106 Å². The maximum Gasteiger partial charge on any atom is 0.330 e. The molecule has 0 aromatic rings. The Morgan fingerprint density at radius 1 is 1.39 bits per heavy atom. The van der Waals surface area contributed by atoms with Crippen LogP contribution in [0.15, 0.2) is 0 Å². The van der Waals surface area contributed by atoms with Gasteiger partial charge in [-0.25, -0.2) is 4.79 Å². The first-order valence-corrected chi connectivity index (χ1v) is 6.13. The molecule has 0 aromatic carbocycles. The van der Waals surface area contributed by atoms with Crippen LogP contribution in [0.5, 0.6) is 0 Å². The number of nitrogens with one attached hydrogen (secondary N) is 1. The lowest BCUT2D eigenvalue weighted by Gasteiger charge is -2.36. The first kappa shape index (κ1) is 13.0. The van der Waals surface area contributed by atoms with Crippen LogP contribution in [0.1, 0.15) is 27.2 Å². The Kier molecular flexibility index (Phi) is 3.14. The molecule has 4 amide bonds. The third-order valence-electron chi connectivity index (χ3n) is 3.76. The van der Waals surface area contributed by atoms with E-state index in [0.29, 0.717) is 13.2 Å². The average Bonchev–Trinajstić information content (AvgIpc) is 2.68. The van der Waals surface area contributed by atoms with E-state index in [4.69, 9.17) is 4.74 Å². The van der Waals surface area contributed by atoms with Gasteiger partial charge in [0, 0.05) is 19.1 Å². The summed E-state index contributed by atoms with van der Waals surface area (Å²) in [5, 5.41) is 2.23. The van der Waals surface area contributed by atoms with Gasteiger partial charge in [0.1, 0.15) is 5.41 Å². The third-order valence-corrected chi connectivity index (χ3v) is 3.76. The van der Waals surface area contributed by atoms with E-state index in [0.717, 1.165) is 11.3 Å². The van der Waals surface area contributed by atoms with E-state index in [9.17, 15) is 14.4 Å². The summed E-state index contributed by atoms with van der Waals surface area (Å²) in [5.41, 5.74) is -1.18. The van der Waals surface area contributed by atoms with E-state index in [1.807, 2.05) is 6.92 Å². The number of amides is 4. The SMILES string of the molecule is CC1OCCC1CN1C(=O)NC(=O)C(C)(C)C1=O. The van der Waals surface area contributed by atoms with Gasteiger partial charge < -0.3 is 4.74 Å². The van der Waals surface area contributed by atoms with Gasteiger partial charge in [0.05, 0.1) is 6.10 Å². The van der Waals surface area contributed by atoms with Crippen LogP contribution in [0.4, 0.5) is 4.79 Å². The molecule has 100 valence electrons. The van der Waals surface area contributed by atoms with Crippen molar-refractivity contribution in [1.82, 2.24) is 10.2 Å². The molecule has 2 aliphatic rings. The van der Waals surface area contributed by atoms with Crippen molar-refractivity contribution in [2.75, 3.05) is 13.2 Å². The van der Waals surface area contributed by atoms with Crippen molar-refractivity contribution in [2.24, 2.45) is 11.3 Å². The molecule has 2 heterocycles. The highest BCUT2D eigenvalue weighted by Crippen LogP contribution is 2.27. The molecule has 0 aliphatic carbocycles. The number of imide groups is 2. The molecule has 2 atom stereocenters. The molecule has 18 heavy (non-hydrogen) atoms. The van der Waals surface area contributed by atoms with Crippen molar-refractivity contribution in [3.63, 3.8) is 0 Å². The van der Waals surface area contributed by atoms with E-state index < -0.39 is 23.3 Å². The van der Waals surface area contributed by atoms with Crippen LogP contribution >= 0.6 is 0 Å². The molecule has 2 saturated heterocycles. The van der Waals surface area contributed by atoms with Gasteiger partial charge in [0.2, 0.25) is 11.8 Å². The van der Waals surface area contributed by atoms with E-state index >= 15 is 0 Å². The molecule has 0 saturated carbocycles. The van der Waals surface area contributed by atoms with Crippen LogP contribution in [0.2, 0.25) is 0 Å². The standard InChI is InChI=1S/C12H18N2O4/c1-7-8(4-5-18-7)6-14-10(16)12(2,3)9(15)13-11(14)17/h7-8H,4-6H2,1-3H3,(H,13,15,17). The molecule has 2 aliphatic heterocycles. The molecule has 6 nitrogen and oxygen atoms in total. The van der Waals surface area contributed by atoms with Crippen molar-refractivity contribution >= 4 is 17.8 Å². The Morgan fingerprint density at radius 3 is 2.61 bits per heavy atom. The van der Waals surface area contributed by atoms with E-state index in [1.54, 1.807) is 0 Å². The Balaban J connectivity index is 2.14. The summed E-state index contributed by atoms with van der Waals surface area (Å²) >= 11 is 0. The second kappa shape index (κ2) is 4.35. The molecule has 1 N–H and O–H groups in total. The van der Waals surface area contributed by atoms with Gasteiger partial charge in [-0.15, -0.1) is 0 Å². The Bertz CT molecular complexity index is 405. The zero-order valence-corrected chi connectivity index (χ0v) is 10.9. The van der Waals surface area contributed by atoms with Gasteiger partial charge in [0.25, 0.3) is 0 Å². The summed E-state index contributed by atoms with van der Waals surface area (Å²) in [6.07, 6.45) is 0.860. The van der Waals surface area contributed by atoms with E-state index in [2.05, 4.69) is 5.32 Å². The minimum atomic E-state index is -1.18. The average molecular weight is 254 g/mol. The highest BCUT2D eigenvalue weighted by atomic mass is 16.5. The van der Waals surface area contributed by atoms with Crippen LogP contribution in [-0.2, 0) is 14.3 Å². The molecule has 0 aromatic heterocycles. The smallest absolute Gasteiger partial charge is 0.330 e. The number of nitrogens with zero attached hydrogens (tertiary/aromatic N) is 1. The maximum absolute atomic E-state index is 12.2. The van der Waals surface area contributed by atoms with Crippen LogP contribution in [-0.4, -0.2) is 42.0 Å². The predicted molar refractivity (Wildman–Crippen MR) is 62.6 cm³/mol. The summed E-state index contributed by atoms with van der Waals surface area (Å²) in [6, 6.07) is -0.622. The van der Waals surface area contributed by atoms with E-state index in [1.165, 1.54) is 13.8 Å². The quantitative estimate of drug-likeness (QED) is 0.729. The minimum absolute atomic E-state index is 0.0336. The van der Waals surface area contributed by atoms with Crippen molar-refractivity contribution in [2.45, 2.75) is 33.3 Å². The molecular weight excluding hydrogens is 236 g/mol. The second-order valence-corrected chi connectivity index (χ2v) is 5.42. The number of hydrogen-bond donors (Lipinski definition) is 1. The molecule has 2 fully saturated rings. The van der Waals surface area contributed by atoms with Crippen molar-refractivity contribution < 1.29 is 19.1 Å². The predicted octanol–water partition coefficient (Wildman–Crippen LogP) is 0.516. The number of carbonyl (C=O) groups excluding carboxylic acids is 3. The molecule has 0 bridgehead atoms. The van der Waals surface area contributed by atoms with E-state index in [-0.39, 0.29) is 12.0 Å². The molecule has 0 spiro atoms. The first-order valence-electron chi connectivity index (χ1n) is 6.13. The fourth-order valence-corrected chi connectivity index (χ4v) is 2.26. The fraction of sp³-hybridized carbons (Fsp3) is 0.750. The van der Waals surface area contributed by atoms with Gasteiger partial charge in [-0.2, -0.15) is 0 Å². The lowest BCUT2D eigenvalue weighted by molar-refractivity contribution is -0.149. The Hall–Kier alpha value is -1.43. The monoisotopic (exact) mass is 254 g/mol. The van der Waals surface area contributed by atoms with Gasteiger partial charge in [-0.05, 0) is 27.2 Å². The maximum atomic E-state index is 12.2. The third kappa shape index (κ3) is 2.01. The van der Waals surface area contributed by atoms with Crippen LogP contribution in [0, 0.1) is 11.3 Å². The summed E-state index contributed by atoms with van der Waals surface area (Å²) in [7, 11) is 0. The van der Waals surface area contributed by atoms with Crippen LogP contribution in [0.3, 0.4) is 0 Å². The zero-order chi connectivity index (χ0) is 13.5. The highest BCUT2D eigenvalue weighted by molar-refractivity contribution is 6.18. The number of ether oxygens (including phenoxy) is 1. The molecule has 6 heteroatoms. The number of hydrogen-bond acceptors (Lipinski definition) is 4. The topological polar surface area (TPSA) is 75.7 Å². The van der Waals surface area contributed by atoms with Crippen LogP contribution in [0.25, 0.3) is 0 Å². The number of rotatable bonds is 2. The fourth-order valence-electron chi connectivity index (χ4n) is 2.26. The van der Waals surface area contributed by atoms with Crippen molar-refractivity contribution in [3.05, 3.63) is 0 Å². The van der Waals surface area contributed by atoms with Gasteiger partial charge in [0.15, 0.2) is 0 Å². The number of carbonyl (C=O) groups is 3. The molecule has 0 radical (unpaired) electrons. The van der Waals surface area contributed by atoms with Crippen molar-refractivity contribution in [1.29, 1.82) is 0 Å². The Morgan fingerprint density at radius 2 is 2.06 bits per heavy atom. The number of urea groups is 1. The molecule has 2 rings (SSSR count). The lowest BCUT2D eigenvalue weighted by Crippen LogP contribution is -2.62. The van der Waals surface area contributed by atoms with Gasteiger partial charge in [-0.3, -0.25) is 19.8 Å². The normalized spacial score (nSPS) is 31.7.